The van der Waals surface area contributed by atoms with Crippen LogP contribution in [-0.2, 0) is 11.4 Å². The number of benzene rings is 2. The number of aliphatic hydroxyl groups excluding tert-OH is 1. The molecule has 136 valence electrons. The van der Waals surface area contributed by atoms with E-state index in [9.17, 15) is 19.4 Å². The minimum atomic E-state index is -2.25. The molecular weight excluding hydrogens is 359 g/mol. The highest BCUT2D eigenvalue weighted by Gasteiger charge is 2.40. The van der Waals surface area contributed by atoms with Crippen molar-refractivity contribution in [2.75, 3.05) is 0 Å². The molecule has 2 aromatic rings. The number of phenolic OH excluding ortho intramolecular Hbond substituents is 1. The number of phenols is 1. The molecule has 0 unspecified atom stereocenters. The Morgan fingerprint density at radius 1 is 1.04 bits per heavy atom. The highest BCUT2D eigenvalue weighted by Crippen LogP contribution is 2.42. The summed E-state index contributed by atoms with van der Waals surface area (Å²) in [6.07, 6.45) is 4.93. The number of allylic oxidation sites excluding steroid dienone is 5. The number of aliphatic hydroxyl groups is 1. The highest BCUT2D eigenvalue weighted by molar-refractivity contribution is 6.98. The summed E-state index contributed by atoms with van der Waals surface area (Å²) in [6.45, 7) is 4.03. The fourth-order valence-corrected chi connectivity index (χ4v) is 7.03. The van der Waals surface area contributed by atoms with Gasteiger partial charge in [-0.1, -0.05) is 37.4 Å². The predicted octanol–water partition coefficient (Wildman–Crippen LogP) is 3.36. The molecule has 1 aliphatic heterocycles. The lowest BCUT2D eigenvalue weighted by atomic mass is 9.89. The quantitative estimate of drug-likeness (QED) is 0.788. The van der Waals surface area contributed by atoms with Gasteiger partial charge in [-0.25, -0.2) is 4.39 Å². The summed E-state index contributed by atoms with van der Waals surface area (Å²) >= 11 is 0. The van der Waals surface area contributed by atoms with E-state index in [0.717, 1.165) is 21.5 Å². The second kappa shape index (κ2) is 6.15. The van der Waals surface area contributed by atoms with Crippen LogP contribution in [0.15, 0.2) is 65.4 Å². The number of rotatable bonds is 2. The minimum absolute atomic E-state index is 0.0756. The average molecular weight is 378 g/mol. The molecule has 0 spiro atoms. The SMILES string of the molecule is C[Si]1(C)C2=CC(=O)C=CC2=C(c2ccc(CO)cc2F)c2ccc(O)cc21. The molecule has 0 aromatic heterocycles. The van der Waals surface area contributed by atoms with Gasteiger partial charge in [0.2, 0.25) is 0 Å². The molecule has 0 fully saturated rings. The fraction of sp³-hybridized carbons (Fsp3) is 0.136. The molecule has 2 aromatic carbocycles. The molecule has 27 heavy (non-hydrogen) atoms. The van der Waals surface area contributed by atoms with Gasteiger partial charge in [0.15, 0.2) is 5.78 Å². The predicted molar refractivity (Wildman–Crippen MR) is 106 cm³/mol. The number of fused-ring (bicyclic) bond motifs is 2. The molecule has 0 saturated carbocycles. The fourth-order valence-electron chi connectivity index (χ4n) is 3.97. The Labute approximate surface area is 157 Å². The molecule has 1 aliphatic carbocycles. The maximum Gasteiger partial charge on any atom is 0.178 e. The lowest BCUT2D eigenvalue weighted by Gasteiger charge is -2.37. The van der Waals surface area contributed by atoms with Crippen LogP contribution in [0.1, 0.15) is 16.7 Å². The van der Waals surface area contributed by atoms with Crippen LogP contribution < -0.4 is 5.19 Å². The maximum atomic E-state index is 14.9. The lowest BCUT2D eigenvalue weighted by molar-refractivity contribution is -0.110. The van der Waals surface area contributed by atoms with Crippen molar-refractivity contribution in [1.29, 1.82) is 0 Å². The molecular formula is C22H19FO3Si. The monoisotopic (exact) mass is 378 g/mol. The van der Waals surface area contributed by atoms with Crippen molar-refractivity contribution in [1.82, 2.24) is 0 Å². The van der Waals surface area contributed by atoms with Crippen LogP contribution in [0.5, 0.6) is 5.75 Å². The molecule has 4 rings (SSSR count). The van der Waals surface area contributed by atoms with Crippen molar-refractivity contribution in [3.05, 3.63) is 87.9 Å². The summed E-state index contributed by atoms with van der Waals surface area (Å²) in [7, 11) is -2.25. The van der Waals surface area contributed by atoms with Crippen molar-refractivity contribution >= 4 is 24.6 Å². The zero-order valence-corrected chi connectivity index (χ0v) is 16.1. The molecule has 0 saturated heterocycles. The first-order chi connectivity index (χ1) is 12.8. The third-order valence-corrected chi connectivity index (χ3v) is 8.89. The Morgan fingerprint density at radius 2 is 1.78 bits per heavy atom. The van der Waals surface area contributed by atoms with E-state index in [1.807, 2.05) is 6.07 Å². The van der Waals surface area contributed by atoms with Crippen LogP contribution in [0, 0.1) is 5.82 Å². The Bertz CT molecular complexity index is 1080. The van der Waals surface area contributed by atoms with Crippen LogP contribution in [0.2, 0.25) is 13.1 Å². The van der Waals surface area contributed by atoms with Gasteiger partial charge in [0.05, 0.1) is 6.61 Å². The number of carbonyl (C=O) groups excluding carboxylic acids is 1. The largest absolute Gasteiger partial charge is 0.508 e. The van der Waals surface area contributed by atoms with Crippen molar-refractivity contribution in [2.45, 2.75) is 19.7 Å². The molecule has 3 nitrogen and oxygen atoms in total. The molecule has 0 radical (unpaired) electrons. The van der Waals surface area contributed by atoms with Crippen LogP contribution in [0.25, 0.3) is 5.57 Å². The first-order valence-electron chi connectivity index (χ1n) is 8.75. The molecule has 0 bridgehead atoms. The van der Waals surface area contributed by atoms with Crippen LogP contribution in [-0.4, -0.2) is 24.1 Å². The summed E-state index contributed by atoms with van der Waals surface area (Å²) in [6, 6.07) is 9.87. The lowest BCUT2D eigenvalue weighted by Crippen LogP contribution is -2.49. The Balaban J connectivity index is 2.09. The van der Waals surface area contributed by atoms with E-state index in [-0.39, 0.29) is 18.1 Å². The standard InChI is InChI=1S/C22H19FO3Si/c1-27(2)20-10-14(25)4-7-17(20)22(18-8-5-15(26)11-21(18)27)16-6-3-13(12-24)9-19(16)23/h3-11,24-25H,12H2,1-2H3. The number of halogens is 1. The van der Waals surface area contributed by atoms with Crippen molar-refractivity contribution in [3.63, 3.8) is 0 Å². The third-order valence-electron chi connectivity index (χ3n) is 5.36. The topological polar surface area (TPSA) is 57.5 Å². The average Bonchev–Trinajstić information content (AvgIpc) is 2.64. The van der Waals surface area contributed by atoms with Crippen LogP contribution >= 0.6 is 0 Å². The Morgan fingerprint density at radius 3 is 2.48 bits per heavy atom. The summed E-state index contributed by atoms with van der Waals surface area (Å²) in [4.78, 5) is 12.1. The minimum Gasteiger partial charge on any atom is -0.508 e. The first-order valence-corrected chi connectivity index (χ1v) is 11.8. The molecule has 1 heterocycles. The van der Waals surface area contributed by atoms with Gasteiger partial charge in [0.1, 0.15) is 19.6 Å². The number of aromatic hydroxyl groups is 1. The second-order valence-corrected chi connectivity index (χ2v) is 11.7. The number of hydrogen-bond acceptors (Lipinski definition) is 3. The number of carbonyl (C=O) groups is 1. The van der Waals surface area contributed by atoms with Gasteiger partial charge < -0.3 is 10.2 Å². The zero-order chi connectivity index (χ0) is 19.3. The molecule has 0 atom stereocenters. The van der Waals surface area contributed by atoms with Gasteiger partial charge in [-0.05, 0) is 63.0 Å². The maximum absolute atomic E-state index is 14.9. The summed E-state index contributed by atoms with van der Waals surface area (Å²) in [5, 5.41) is 21.2. The first kappa shape index (κ1) is 17.6. The van der Waals surface area contributed by atoms with Gasteiger partial charge in [-0.2, -0.15) is 0 Å². The molecule has 2 aliphatic rings. The van der Waals surface area contributed by atoms with Gasteiger partial charge in [-0.15, -0.1) is 0 Å². The van der Waals surface area contributed by atoms with Gasteiger partial charge >= 0.3 is 0 Å². The molecule has 2 N–H and O–H groups in total. The van der Waals surface area contributed by atoms with E-state index in [4.69, 9.17) is 0 Å². The zero-order valence-electron chi connectivity index (χ0n) is 15.1. The van der Waals surface area contributed by atoms with Gasteiger partial charge in [-0.3, -0.25) is 4.79 Å². The molecule has 5 heteroatoms. The highest BCUT2D eigenvalue weighted by atomic mass is 28.3. The smallest absolute Gasteiger partial charge is 0.178 e. The van der Waals surface area contributed by atoms with Crippen LogP contribution in [0.4, 0.5) is 4.39 Å². The van der Waals surface area contributed by atoms with E-state index in [1.54, 1.807) is 36.4 Å². The van der Waals surface area contributed by atoms with E-state index in [1.165, 1.54) is 12.1 Å². The molecule has 0 amide bonds. The Kier molecular flexibility index (Phi) is 4.02. The van der Waals surface area contributed by atoms with Gasteiger partial charge in [0, 0.05) is 5.56 Å². The summed E-state index contributed by atoms with van der Waals surface area (Å²) < 4.78 is 14.9. The van der Waals surface area contributed by atoms with Crippen molar-refractivity contribution in [3.8, 4) is 5.75 Å². The Hall–Kier alpha value is -2.76. The summed E-state index contributed by atoms with van der Waals surface area (Å²) in [5.41, 5.74) is 3.38. The van der Waals surface area contributed by atoms with Gasteiger partial charge in [0.25, 0.3) is 0 Å². The van der Waals surface area contributed by atoms with E-state index >= 15 is 0 Å². The van der Waals surface area contributed by atoms with Crippen molar-refractivity contribution in [2.24, 2.45) is 0 Å². The normalized spacial score (nSPS) is 17.5. The van der Waals surface area contributed by atoms with E-state index in [2.05, 4.69) is 13.1 Å². The van der Waals surface area contributed by atoms with Crippen LogP contribution in [0.3, 0.4) is 0 Å². The third kappa shape index (κ3) is 2.71. The summed E-state index contributed by atoms with van der Waals surface area (Å²) in [5.74, 6) is -0.339. The van der Waals surface area contributed by atoms with E-state index < -0.39 is 13.9 Å². The number of hydrogen-bond donors (Lipinski definition) is 2. The number of ketones is 1. The van der Waals surface area contributed by atoms with E-state index in [0.29, 0.717) is 16.7 Å². The van der Waals surface area contributed by atoms with Crippen molar-refractivity contribution < 1.29 is 19.4 Å². The second-order valence-electron chi connectivity index (χ2n) is 7.41.